The highest BCUT2D eigenvalue weighted by Crippen LogP contribution is 2.23. The standard InChI is InChI=1S/C19H23NO8/c1-11(21)25-10-16-18(28-13(3)23)17(27-12(2)22)15(9-26-16)20-19(24)14-7-5-4-6-8-14/h4-8,15-18H,9-10H2,1-3H3,(H,20,24)/t15?,16?,17?,18-/m1/s1. The lowest BCUT2D eigenvalue weighted by atomic mass is 9.97. The van der Waals surface area contributed by atoms with Crippen molar-refractivity contribution in [2.75, 3.05) is 13.2 Å². The van der Waals surface area contributed by atoms with Crippen LogP contribution in [0.2, 0.25) is 0 Å². The Morgan fingerprint density at radius 3 is 2.14 bits per heavy atom. The molecule has 4 atom stereocenters. The third-order valence-electron chi connectivity index (χ3n) is 3.98. The largest absolute Gasteiger partial charge is 0.463 e. The molecule has 1 aliphatic rings. The summed E-state index contributed by atoms with van der Waals surface area (Å²) in [7, 11) is 0. The van der Waals surface area contributed by atoms with E-state index in [9.17, 15) is 19.2 Å². The minimum absolute atomic E-state index is 0.0276. The molecule has 9 heteroatoms. The Morgan fingerprint density at radius 2 is 1.57 bits per heavy atom. The minimum atomic E-state index is -1.06. The molecule has 1 heterocycles. The Kier molecular flexibility index (Phi) is 7.51. The second-order valence-corrected chi connectivity index (χ2v) is 6.27. The smallest absolute Gasteiger partial charge is 0.303 e. The first-order valence-corrected chi connectivity index (χ1v) is 8.73. The van der Waals surface area contributed by atoms with Gasteiger partial charge >= 0.3 is 17.9 Å². The zero-order valence-electron chi connectivity index (χ0n) is 15.9. The van der Waals surface area contributed by atoms with E-state index in [1.165, 1.54) is 20.8 Å². The lowest BCUT2D eigenvalue weighted by Crippen LogP contribution is -2.62. The van der Waals surface area contributed by atoms with E-state index in [4.69, 9.17) is 18.9 Å². The minimum Gasteiger partial charge on any atom is -0.463 e. The van der Waals surface area contributed by atoms with E-state index in [1.54, 1.807) is 30.3 Å². The van der Waals surface area contributed by atoms with Crippen molar-refractivity contribution in [1.29, 1.82) is 0 Å². The first-order valence-electron chi connectivity index (χ1n) is 8.73. The summed E-state index contributed by atoms with van der Waals surface area (Å²) >= 11 is 0. The first-order chi connectivity index (χ1) is 13.3. The van der Waals surface area contributed by atoms with Gasteiger partial charge in [-0.1, -0.05) is 18.2 Å². The van der Waals surface area contributed by atoms with Crippen LogP contribution < -0.4 is 5.32 Å². The number of esters is 3. The fraction of sp³-hybridized carbons (Fsp3) is 0.474. The zero-order chi connectivity index (χ0) is 20.7. The Bertz CT molecular complexity index is 720. The van der Waals surface area contributed by atoms with Crippen molar-refractivity contribution < 1.29 is 38.1 Å². The SMILES string of the molecule is CC(=O)OCC1OCC(NC(=O)c2ccccc2)C(OC(C)=O)[C@@H]1OC(C)=O. The average Bonchev–Trinajstić information content (AvgIpc) is 2.63. The summed E-state index contributed by atoms with van der Waals surface area (Å²) in [5.74, 6) is -2.18. The predicted molar refractivity (Wildman–Crippen MR) is 95.2 cm³/mol. The van der Waals surface area contributed by atoms with Gasteiger partial charge in [0.15, 0.2) is 12.2 Å². The molecule has 9 nitrogen and oxygen atoms in total. The van der Waals surface area contributed by atoms with Gasteiger partial charge in [-0.05, 0) is 12.1 Å². The molecular formula is C19H23NO8. The number of carbonyl (C=O) groups excluding carboxylic acids is 4. The molecule has 1 aromatic carbocycles. The Morgan fingerprint density at radius 1 is 0.964 bits per heavy atom. The molecule has 1 saturated heterocycles. The zero-order valence-corrected chi connectivity index (χ0v) is 15.9. The van der Waals surface area contributed by atoms with Crippen LogP contribution in [0.3, 0.4) is 0 Å². The second-order valence-electron chi connectivity index (χ2n) is 6.27. The molecule has 1 fully saturated rings. The third-order valence-corrected chi connectivity index (χ3v) is 3.98. The van der Waals surface area contributed by atoms with Crippen molar-refractivity contribution in [3.63, 3.8) is 0 Å². The number of ether oxygens (including phenoxy) is 4. The molecule has 0 aromatic heterocycles. The normalized spacial score (nSPS) is 24.0. The van der Waals surface area contributed by atoms with Gasteiger partial charge in [0.1, 0.15) is 12.7 Å². The van der Waals surface area contributed by atoms with Crippen LogP contribution in [0.15, 0.2) is 30.3 Å². The third kappa shape index (κ3) is 6.05. The molecular weight excluding hydrogens is 370 g/mol. The van der Waals surface area contributed by atoms with E-state index in [1.807, 2.05) is 0 Å². The van der Waals surface area contributed by atoms with E-state index < -0.39 is 48.2 Å². The number of benzene rings is 1. The second kappa shape index (κ2) is 9.84. The van der Waals surface area contributed by atoms with Gasteiger partial charge in [-0.2, -0.15) is 0 Å². The van der Waals surface area contributed by atoms with Gasteiger partial charge in [-0.3, -0.25) is 19.2 Å². The molecule has 0 aliphatic carbocycles. The molecule has 0 saturated carbocycles. The maximum Gasteiger partial charge on any atom is 0.303 e. The molecule has 28 heavy (non-hydrogen) atoms. The summed E-state index contributed by atoms with van der Waals surface area (Å²) in [4.78, 5) is 46.8. The molecule has 1 aromatic rings. The van der Waals surface area contributed by atoms with Gasteiger partial charge in [-0.15, -0.1) is 0 Å². The van der Waals surface area contributed by atoms with E-state index in [-0.39, 0.29) is 13.2 Å². The molecule has 1 aliphatic heterocycles. The molecule has 1 N–H and O–H groups in total. The summed E-state index contributed by atoms with van der Waals surface area (Å²) in [5, 5.41) is 2.74. The number of hydrogen-bond acceptors (Lipinski definition) is 8. The van der Waals surface area contributed by atoms with Crippen LogP contribution in [0.25, 0.3) is 0 Å². The fourth-order valence-electron chi connectivity index (χ4n) is 2.84. The van der Waals surface area contributed by atoms with E-state index in [0.29, 0.717) is 5.56 Å². The van der Waals surface area contributed by atoms with Crippen molar-refractivity contribution in [2.24, 2.45) is 0 Å². The van der Waals surface area contributed by atoms with Crippen LogP contribution in [0.1, 0.15) is 31.1 Å². The van der Waals surface area contributed by atoms with Gasteiger partial charge in [-0.25, -0.2) is 0 Å². The van der Waals surface area contributed by atoms with Crippen LogP contribution in [-0.4, -0.2) is 61.4 Å². The summed E-state index contributed by atoms with van der Waals surface area (Å²) in [6.45, 7) is 3.41. The maximum atomic E-state index is 12.5. The topological polar surface area (TPSA) is 117 Å². The first kappa shape index (κ1) is 21.4. The van der Waals surface area contributed by atoms with Crippen molar-refractivity contribution >= 4 is 23.8 Å². The van der Waals surface area contributed by atoms with Gasteiger partial charge in [0.2, 0.25) is 0 Å². The highest BCUT2D eigenvalue weighted by atomic mass is 16.6. The number of rotatable bonds is 6. The summed E-state index contributed by atoms with van der Waals surface area (Å²) in [6, 6.07) is 7.70. The van der Waals surface area contributed by atoms with Crippen molar-refractivity contribution in [2.45, 2.75) is 45.1 Å². The van der Waals surface area contributed by atoms with Crippen LogP contribution in [0, 0.1) is 0 Å². The van der Waals surface area contributed by atoms with Crippen molar-refractivity contribution in [3.8, 4) is 0 Å². The van der Waals surface area contributed by atoms with Crippen molar-refractivity contribution in [1.82, 2.24) is 5.32 Å². The molecule has 0 spiro atoms. The fourth-order valence-corrected chi connectivity index (χ4v) is 2.84. The van der Waals surface area contributed by atoms with E-state index >= 15 is 0 Å². The van der Waals surface area contributed by atoms with Gasteiger partial charge in [0.05, 0.1) is 12.6 Å². The summed E-state index contributed by atoms with van der Waals surface area (Å²) in [5.41, 5.74) is 0.412. The van der Waals surface area contributed by atoms with Crippen LogP contribution in [-0.2, 0) is 33.3 Å². The van der Waals surface area contributed by atoms with Gasteiger partial charge in [0, 0.05) is 26.3 Å². The lowest BCUT2D eigenvalue weighted by Gasteiger charge is -2.41. The molecule has 1 amide bonds. The van der Waals surface area contributed by atoms with E-state index in [0.717, 1.165) is 0 Å². The monoisotopic (exact) mass is 393 g/mol. The van der Waals surface area contributed by atoms with Gasteiger partial charge < -0.3 is 24.3 Å². The average molecular weight is 393 g/mol. The number of carbonyl (C=O) groups is 4. The molecule has 0 bridgehead atoms. The molecule has 152 valence electrons. The van der Waals surface area contributed by atoms with E-state index in [2.05, 4.69) is 5.32 Å². The predicted octanol–water partition coefficient (Wildman–Crippen LogP) is 0.610. The Labute approximate surface area is 162 Å². The number of hydrogen-bond donors (Lipinski definition) is 1. The maximum absolute atomic E-state index is 12.5. The summed E-state index contributed by atoms with van der Waals surface area (Å²) < 4.78 is 21.2. The van der Waals surface area contributed by atoms with Crippen molar-refractivity contribution in [3.05, 3.63) is 35.9 Å². The summed E-state index contributed by atoms with van der Waals surface area (Å²) in [6.07, 6.45) is -2.92. The van der Waals surface area contributed by atoms with Crippen LogP contribution in [0.4, 0.5) is 0 Å². The Hall–Kier alpha value is -2.94. The molecule has 2 rings (SSSR count). The van der Waals surface area contributed by atoms with Crippen LogP contribution >= 0.6 is 0 Å². The van der Waals surface area contributed by atoms with Gasteiger partial charge in [0.25, 0.3) is 5.91 Å². The number of nitrogens with one attached hydrogen (secondary N) is 1. The quantitative estimate of drug-likeness (QED) is 0.552. The molecule has 3 unspecified atom stereocenters. The number of amides is 1. The highest BCUT2D eigenvalue weighted by molar-refractivity contribution is 5.94. The van der Waals surface area contributed by atoms with Crippen LogP contribution in [0.5, 0.6) is 0 Å². The molecule has 0 radical (unpaired) electrons. The highest BCUT2D eigenvalue weighted by Gasteiger charge is 2.46. The Balaban J connectivity index is 2.22. The lowest BCUT2D eigenvalue weighted by molar-refractivity contribution is -0.206.